The van der Waals surface area contributed by atoms with Crippen molar-refractivity contribution < 1.29 is 28.8 Å². The summed E-state index contributed by atoms with van der Waals surface area (Å²) in [6.45, 7) is 1.27. The van der Waals surface area contributed by atoms with Crippen LogP contribution in [0.1, 0.15) is 12.5 Å². The summed E-state index contributed by atoms with van der Waals surface area (Å²) in [5.74, 6) is -3.49. The van der Waals surface area contributed by atoms with Crippen molar-refractivity contribution in [1.82, 2.24) is 0 Å². The van der Waals surface area contributed by atoms with Gasteiger partial charge >= 0.3 is 5.97 Å². The normalized spacial score (nSPS) is 22.4. The molecule has 0 unspecified atom stereocenters. The maximum absolute atomic E-state index is 13.9. The molecule has 11 nitrogen and oxygen atoms in total. The summed E-state index contributed by atoms with van der Waals surface area (Å²) >= 11 is 0. The maximum atomic E-state index is 13.9. The molecule has 3 amide bonds. The van der Waals surface area contributed by atoms with E-state index in [0.717, 1.165) is 16.2 Å². The van der Waals surface area contributed by atoms with Crippen molar-refractivity contribution in [1.29, 1.82) is 0 Å². The van der Waals surface area contributed by atoms with Gasteiger partial charge in [0.05, 0.1) is 28.5 Å². The van der Waals surface area contributed by atoms with Crippen molar-refractivity contribution in [3.05, 3.63) is 94.6 Å². The third-order valence-electron chi connectivity index (χ3n) is 7.39. The number of carbonyl (C=O) groups excluding carboxylic acids is 4. The van der Waals surface area contributed by atoms with Gasteiger partial charge in [-0.3, -0.25) is 29.3 Å². The van der Waals surface area contributed by atoms with E-state index >= 15 is 0 Å². The first-order valence-electron chi connectivity index (χ1n) is 12.5. The van der Waals surface area contributed by atoms with E-state index in [1.807, 2.05) is 41.3 Å². The molecule has 3 aliphatic rings. The number of carbonyl (C=O) groups is 4. The number of nitrogens with zero attached hydrogens (tertiary/aromatic N) is 3. The second-order valence-electron chi connectivity index (χ2n) is 9.70. The number of nitro groups is 1. The molecular weight excluding hydrogens is 516 g/mol. The standard InChI is InChI=1S/C29H22N4O7/c1-16(34)40-21-13-11-19(12-14-21)31-28(36)24-23-15-6-17-4-2-3-5-22(17)32(23)26(25(24)29(31)37)27(35)30-18-7-9-20(10-8-18)33(38)39/h2-15,23-26H,1H3,(H,30,35)/t23-,24-,25-,26+/m0/s1. The fraction of sp³-hybridized carbons (Fsp3) is 0.172. The number of nitro benzene ring substituents is 1. The van der Waals surface area contributed by atoms with Gasteiger partial charge in [0.2, 0.25) is 17.7 Å². The van der Waals surface area contributed by atoms with Crippen LogP contribution in [0.2, 0.25) is 0 Å². The molecule has 0 aromatic heterocycles. The van der Waals surface area contributed by atoms with E-state index in [9.17, 15) is 29.3 Å². The molecule has 200 valence electrons. The summed E-state index contributed by atoms with van der Waals surface area (Å²) in [5, 5.41) is 13.8. The third-order valence-corrected chi connectivity index (χ3v) is 7.39. The van der Waals surface area contributed by atoms with Gasteiger partial charge in [0.15, 0.2) is 0 Å². The number of imide groups is 1. The van der Waals surface area contributed by atoms with Gasteiger partial charge in [0.1, 0.15) is 11.8 Å². The number of benzene rings is 3. The topological polar surface area (TPSA) is 139 Å². The van der Waals surface area contributed by atoms with Crippen molar-refractivity contribution in [3.8, 4) is 5.75 Å². The summed E-state index contributed by atoms with van der Waals surface area (Å²) in [6, 6.07) is 17.3. The number of amides is 3. The lowest BCUT2D eigenvalue weighted by Gasteiger charge is -2.36. The SMILES string of the molecule is CC(=O)Oc1ccc(N2C(=O)[C@@H]3[C@H](C2=O)[C@H](C(=O)Nc2ccc([N+](=O)[O-])cc2)N2c4ccccc4C=C[C@@H]32)cc1. The number of hydrogen-bond acceptors (Lipinski definition) is 8. The van der Waals surface area contributed by atoms with Crippen molar-refractivity contribution >= 4 is 52.5 Å². The van der Waals surface area contributed by atoms with E-state index in [2.05, 4.69) is 5.32 Å². The summed E-state index contributed by atoms with van der Waals surface area (Å²) in [6.07, 6.45) is 3.73. The van der Waals surface area contributed by atoms with Gasteiger partial charge in [-0.1, -0.05) is 30.4 Å². The highest BCUT2D eigenvalue weighted by molar-refractivity contribution is 6.25. The minimum atomic E-state index is -1.03. The summed E-state index contributed by atoms with van der Waals surface area (Å²) in [5.41, 5.74) is 2.09. The van der Waals surface area contributed by atoms with Crippen LogP contribution >= 0.6 is 0 Å². The number of fused-ring (bicyclic) bond motifs is 5. The van der Waals surface area contributed by atoms with Crippen LogP contribution in [-0.2, 0) is 19.2 Å². The van der Waals surface area contributed by atoms with Gasteiger partial charge in [0.25, 0.3) is 5.69 Å². The molecule has 1 N–H and O–H groups in total. The van der Waals surface area contributed by atoms with E-state index in [-0.39, 0.29) is 11.4 Å². The Morgan fingerprint density at radius 1 is 0.925 bits per heavy atom. The van der Waals surface area contributed by atoms with Gasteiger partial charge in [0, 0.05) is 30.4 Å². The Balaban J connectivity index is 1.37. The van der Waals surface area contributed by atoms with E-state index in [1.54, 1.807) is 0 Å². The second kappa shape index (κ2) is 9.45. The lowest BCUT2D eigenvalue weighted by molar-refractivity contribution is -0.384. The molecule has 3 aromatic rings. The van der Waals surface area contributed by atoms with Crippen molar-refractivity contribution in [2.75, 3.05) is 15.1 Å². The number of nitrogens with one attached hydrogen (secondary N) is 1. The molecule has 3 aromatic carbocycles. The maximum Gasteiger partial charge on any atom is 0.308 e. The first-order valence-corrected chi connectivity index (χ1v) is 12.5. The van der Waals surface area contributed by atoms with E-state index in [4.69, 9.17) is 4.74 Å². The van der Waals surface area contributed by atoms with Gasteiger partial charge in [-0.2, -0.15) is 0 Å². The molecule has 0 spiro atoms. The molecule has 6 rings (SSSR count). The summed E-state index contributed by atoms with van der Waals surface area (Å²) in [4.78, 5) is 66.3. The van der Waals surface area contributed by atoms with Crippen LogP contribution in [-0.4, -0.2) is 40.7 Å². The Morgan fingerprint density at radius 2 is 1.60 bits per heavy atom. The minimum absolute atomic E-state index is 0.124. The van der Waals surface area contributed by atoms with Gasteiger partial charge in [-0.25, -0.2) is 4.90 Å². The van der Waals surface area contributed by atoms with Crippen LogP contribution in [0.5, 0.6) is 5.75 Å². The molecule has 3 heterocycles. The fourth-order valence-electron chi connectivity index (χ4n) is 5.78. The highest BCUT2D eigenvalue weighted by Gasteiger charge is 2.64. The number of esters is 1. The Hall–Kier alpha value is -5.32. The number of hydrogen-bond donors (Lipinski definition) is 1. The van der Waals surface area contributed by atoms with Crippen molar-refractivity contribution in [2.45, 2.75) is 19.0 Å². The monoisotopic (exact) mass is 538 g/mol. The van der Waals surface area contributed by atoms with Gasteiger partial charge < -0.3 is 15.0 Å². The minimum Gasteiger partial charge on any atom is -0.427 e. The van der Waals surface area contributed by atoms with Crippen LogP contribution in [0.15, 0.2) is 78.9 Å². The van der Waals surface area contributed by atoms with Crippen LogP contribution in [0, 0.1) is 22.0 Å². The lowest BCUT2D eigenvalue weighted by atomic mass is 9.88. The third kappa shape index (κ3) is 3.99. The van der Waals surface area contributed by atoms with Gasteiger partial charge in [-0.05, 0) is 48.0 Å². The molecule has 11 heteroatoms. The Kier molecular flexibility index (Phi) is 5.91. The predicted octanol–water partition coefficient (Wildman–Crippen LogP) is 3.55. The molecule has 3 aliphatic heterocycles. The average Bonchev–Trinajstić information content (AvgIpc) is 3.42. The molecule has 4 atom stereocenters. The number of para-hydroxylation sites is 1. The number of ether oxygens (including phenoxy) is 1. The number of anilines is 3. The van der Waals surface area contributed by atoms with E-state index in [1.165, 1.54) is 55.5 Å². The first-order chi connectivity index (χ1) is 19.2. The van der Waals surface area contributed by atoms with Crippen LogP contribution in [0.4, 0.5) is 22.7 Å². The Labute approximate surface area is 227 Å². The molecule has 0 aliphatic carbocycles. The zero-order valence-corrected chi connectivity index (χ0v) is 21.1. The summed E-state index contributed by atoms with van der Waals surface area (Å²) in [7, 11) is 0. The molecule has 0 radical (unpaired) electrons. The molecule has 40 heavy (non-hydrogen) atoms. The average molecular weight is 539 g/mol. The Bertz CT molecular complexity index is 1600. The second-order valence-corrected chi connectivity index (χ2v) is 9.70. The zero-order chi connectivity index (χ0) is 28.1. The Morgan fingerprint density at radius 3 is 2.27 bits per heavy atom. The first kappa shape index (κ1) is 25.0. The highest BCUT2D eigenvalue weighted by atomic mass is 16.6. The van der Waals surface area contributed by atoms with E-state index in [0.29, 0.717) is 11.4 Å². The van der Waals surface area contributed by atoms with Crippen molar-refractivity contribution in [3.63, 3.8) is 0 Å². The smallest absolute Gasteiger partial charge is 0.308 e. The molecule has 0 bridgehead atoms. The van der Waals surface area contributed by atoms with Crippen LogP contribution in [0.25, 0.3) is 6.08 Å². The lowest BCUT2D eigenvalue weighted by Crippen LogP contribution is -2.50. The molecule has 0 saturated carbocycles. The molecular formula is C29H22N4O7. The number of non-ortho nitro benzene ring substituents is 1. The predicted molar refractivity (Wildman–Crippen MR) is 144 cm³/mol. The highest BCUT2D eigenvalue weighted by Crippen LogP contribution is 2.49. The fourth-order valence-corrected chi connectivity index (χ4v) is 5.78. The largest absolute Gasteiger partial charge is 0.427 e. The van der Waals surface area contributed by atoms with E-state index < -0.39 is 52.5 Å². The quantitative estimate of drug-likeness (QED) is 0.171. The number of rotatable bonds is 5. The molecule has 2 saturated heterocycles. The zero-order valence-electron chi connectivity index (χ0n) is 21.1. The van der Waals surface area contributed by atoms with Gasteiger partial charge in [-0.15, -0.1) is 0 Å². The van der Waals surface area contributed by atoms with Crippen molar-refractivity contribution in [2.24, 2.45) is 11.8 Å². The summed E-state index contributed by atoms with van der Waals surface area (Å²) < 4.78 is 5.06. The molecule has 2 fully saturated rings. The van der Waals surface area contributed by atoms with Crippen LogP contribution < -0.4 is 19.9 Å². The van der Waals surface area contributed by atoms with Crippen LogP contribution in [0.3, 0.4) is 0 Å².